The van der Waals surface area contributed by atoms with Gasteiger partial charge in [-0.05, 0) is 34.1 Å². The van der Waals surface area contributed by atoms with Gasteiger partial charge in [-0.1, -0.05) is 23.2 Å². The summed E-state index contributed by atoms with van der Waals surface area (Å²) in [5.41, 5.74) is 11.9. The predicted octanol–water partition coefficient (Wildman–Crippen LogP) is 3.58. The first-order valence-electron chi connectivity index (χ1n) is 5.36. The molecule has 0 spiro atoms. The number of nitrogens with zero attached hydrogens (tertiary/aromatic N) is 1. The third-order valence-electron chi connectivity index (χ3n) is 2.46. The Bertz CT molecular complexity index is 693. The highest BCUT2D eigenvalue weighted by Gasteiger charge is 2.14. The number of pyridine rings is 1. The van der Waals surface area contributed by atoms with E-state index in [0.29, 0.717) is 25.9 Å². The van der Waals surface area contributed by atoms with Gasteiger partial charge >= 0.3 is 0 Å². The predicted molar refractivity (Wildman–Crippen MR) is 84.6 cm³/mol. The normalized spacial score (nSPS) is 10.3. The number of hydrogen-bond donors (Lipinski definition) is 3. The number of hydrogen-bond acceptors (Lipinski definition) is 4. The van der Waals surface area contributed by atoms with E-state index in [1.807, 2.05) is 0 Å². The second-order valence-electron chi connectivity index (χ2n) is 3.88. The standard InChI is InChI=1S/C12H9BrCl2N4O/c13-7-1-2-8(10(15)9(7)14)19-12-6(11(17)20)3-5(16)4-18-12/h1-4H,16H2,(H2,17,20)(H,18,19). The molecular formula is C12H9BrCl2N4O. The molecule has 0 unspecified atom stereocenters. The fourth-order valence-corrected chi connectivity index (χ4v) is 2.34. The van der Waals surface area contributed by atoms with Crippen molar-refractivity contribution < 1.29 is 4.79 Å². The largest absolute Gasteiger partial charge is 0.397 e. The van der Waals surface area contributed by atoms with Crippen LogP contribution in [0.5, 0.6) is 0 Å². The molecule has 8 heteroatoms. The number of primary amides is 1. The van der Waals surface area contributed by atoms with E-state index in [0.717, 1.165) is 0 Å². The van der Waals surface area contributed by atoms with Crippen molar-refractivity contribution in [3.63, 3.8) is 0 Å². The summed E-state index contributed by atoms with van der Waals surface area (Å²) in [5, 5.41) is 3.57. The summed E-state index contributed by atoms with van der Waals surface area (Å²) in [6, 6.07) is 4.85. The zero-order valence-corrected chi connectivity index (χ0v) is 13.1. The molecule has 0 fully saturated rings. The lowest BCUT2D eigenvalue weighted by Gasteiger charge is -2.12. The van der Waals surface area contributed by atoms with Crippen LogP contribution >= 0.6 is 39.1 Å². The summed E-state index contributed by atoms with van der Waals surface area (Å²) in [6.07, 6.45) is 1.41. The smallest absolute Gasteiger partial charge is 0.252 e. The Morgan fingerprint density at radius 2 is 2.00 bits per heavy atom. The van der Waals surface area contributed by atoms with Crippen LogP contribution in [-0.2, 0) is 0 Å². The monoisotopic (exact) mass is 374 g/mol. The SMILES string of the molecule is NC(=O)c1cc(N)cnc1Nc1ccc(Br)c(Cl)c1Cl. The Labute approximate surface area is 133 Å². The van der Waals surface area contributed by atoms with Gasteiger partial charge in [0.25, 0.3) is 5.91 Å². The van der Waals surface area contributed by atoms with Crippen LogP contribution in [0.15, 0.2) is 28.9 Å². The van der Waals surface area contributed by atoms with Crippen LogP contribution in [0.25, 0.3) is 0 Å². The molecule has 0 aliphatic heterocycles. The number of benzene rings is 1. The maximum atomic E-state index is 11.4. The van der Waals surface area contributed by atoms with Gasteiger partial charge < -0.3 is 16.8 Å². The molecule has 5 nitrogen and oxygen atoms in total. The first-order valence-corrected chi connectivity index (χ1v) is 6.91. The Hall–Kier alpha value is -1.50. The van der Waals surface area contributed by atoms with Crippen molar-refractivity contribution in [2.24, 2.45) is 5.73 Å². The highest BCUT2D eigenvalue weighted by molar-refractivity contribution is 9.10. The summed E-state index contributed by atoms with van der Waals surface area (Å²) < 4.78 is 0.662. The van der Waals surface area contributed by atoms with Crippen LogP contribution in [0.1, 0.15) is 10.4 Å². The van der Waals surface area contributed by atoms with Crippen molar-refractivity contribution in [3.05, 3.63) is 44.5 Å². The van der Waals surface area contributed by atoms with Crippen LogP contribution < -0.4 is 16.8 Å². The molecule has 1 heterocycles. The average Bonchev–Trinajstić information content (AvgIpc) is 2.41. The highest BCUT2D eigenvalue weighted by atomic mass is 79.9. The Balaban J connectivity index is 2.45. The zero-order valence-electron chi connectivity index (χ0n) is 9.95. The van der Waals surface area contributed by atoms with E-state index >= 15 is 0 Å². The van der Waals surface area contributed by atoms with Gasteiger partial charge in [-0.15, -0.1) is 0 Å². The lowest BCUT2D eigenvalue weighted by Crippen LogP contribution is -2.15. The number of anilines is 3. The van der Waals surface area contributed by atoms with Gasteiger partial charge in [-0.3, -0.25) is 4.79 Å². The minimum absolute atomic E-state index is 0.167. The number of nitrogens with one attached hydrogen (secondary N) is 1. The lowest BCUT2D eigenvalue weighted by atomic mass is 10.2. The number of nitrogens with two attached hydrogens (primary N) is 2. The van der Waals surface area contributed by atoms with Crippen LogP contribution in [0, 0.1) is 0 Å². The fourth-order valence-electron chi connectivity index (χ4n) is 1.52. The molecule has 5 N–H and O–H groups in total. The summed E-state index contributed by atoms with van der Waals surface area (Å²) in [5.74, 6) is -0.390. The van der Waals surface area contributed by atoms with Gasteiger partial charge in [-0.2, -0.15) is 0 Å². The van der Waals surface area contributed by atoms with Crippen molar-refractivity contribution in [2.45, 2.75) is 0 Å². The van der Waals surface area contributed by atoms with Crippen LogP contribution in [0.3, 0.4) is 0 Å². The number of carbonyl (C=O) groups excluding carboxylic acids is 1. The van der Waals surface area contributed by atoms with Gasteiger partial charge in [0.05, 0.1) is 33.2 Å². The van der Waals surface area contributed by atoms with E-state index in [9.17, 15) is 4.79 Å². The van der Waals surface area contributed by atoms with Gasteiger partial charge in [-0.25, -0.2) is 4.98 Å². The molecule has 1 aromatic carbocycles. The molecule has 1 aromatic heterocycles. The average molecular weight is 376 g/mol. The fraction of sp³-hybridized carbons (Fsp3) is 0. The van der Waals surface area contributed by atoms with Crippen molar-refractivity contribution in [1.82, 2.24) is 4.98 Å². The Morgan fingerprint density at radius 3 is 2.65 bits per heavy atom. The maximum absolute atomic E-state index is 11.4. The number of aromatic nitrogens is 1. The minimum atomic E-state index is -0.647. The summed E-state index contributed by atoms with van der Waals surface area (Å²) >= 11 is 15.4. The van der Waals surface area contributed by atoms with E-state index < -0.39 is 5.91 Å². The number of amides is 1. The Morgan fingerprint density at radius 1 is 1.30 bits per heavy atom. The van der Waals surface area contributed by atoms with Gasteiger partial charge in [0.15, 0.2) is 0 Å². The summed E-state index contributed by atoms with van der Waals surface area (Å²) in [6.45, 7) is 0. The maximum Gasteiger partial charge on any atom is 0.252 e. The van der Waals surface area contributed by atoms with Gasteiger partial charge in [0.1, 0.15) is 5.82 Å². The van der Waals surface area contributed by atoms with Gasteiger partial charge in [0.2, 0.25) is 0 Å². The molecule has 2 aromatic rings. The van der Waals surface area contributed by atoms with Crippen molar-refractivity contribution in [1.29, 1.82) is 0 Å². The van der Waals surface area contributed by atoms with Crippen molar-refractivity contribution in [2.75, 3.05) is 11.1 Å². The molecule has 1 amide bonds. The van der Waals surface area contributed by atoms with Crippen molar-refractivity contribution >= 4 is 62.2 Å². The van der Waals surface area contributed by atoms with Gasteiger partial charge in [0, 0.05) is 4.47 Å². The van der Waals surface area contributed by atoms with E-state index in [1.165, 1.54) is 12.3 Å². The van der Waals surface area contributed by atoms with Crippen molar-refractivity contribution in [3.8, 4) is 0 Å². The molecule has 0 aliphatic carbocycles. The molecule has 0 bridgehead atoms. The quantitative estimate of drug-likeness (QED) is 0.714. The van der Waals surface area contributed by atoms with Crippen LogP contribution in [0.4, 0.5) is 17.2 Å². The summed E-state index contributed by atoms with van der Waals surface area (Å²) in [4.78, 5) is 15.4. The Kier molecular flexibility index (Phi) is 4.37. The molecule has 0 aliphatic rings. The number of carbonyl (C=O) groups is 1. The van der Waals surface area contributed by atoms with Crippen LogP contribution in [-0.4, -0.2) is 10.9 Å². The molecular weight excluding hydrogens is 367 g/mol. The third kappa shape index (κ3) is 2.98. The van der Waals surface area contributed by atoms with E-state index in [4.69, 9.17) is 34.7 Å². The summed E-state index contributed by atoms with van der Waals surface area (Å²) in [7, 11) is 0. The van der Waals surface area contributed by atoms with E-state index in [2.05, 4.69) is 26.2 Å². The number of rotatable bonds is 3. The number of halogens is 3. The molecule has 0 saturated heterocycles. The highest BCUT2D eigenvalue weighted by Crippen LogP contribution is 2.37. The van der Waals surface area contributed by atoms with E-state index in [1.54, 1.807) is 12.1 Å². The first-order chi connectivity index (χ1) is 9.40. The van der Waals surface area contributed by atoms with E-state index in [-0.39, 0.29) is 11.4 Å². The van der Waals surface area contributed by atoms with Crippen LogP contribution in [0.2, 0.25) is 10.0 Å². The first kappa shape index (κ1) is 14.9. The number of nitrogen functional groups attached to an aromatic ring is 1. The second kappa shape index (κ2) is 5.87. The minimum Gasteiger partial charge on any atom is -0.397 e. The second-order valence-corrected chi connectivity index (χ2v) is 5.49. The lowest BCUT2D eigenvalue weighted by molar-refractivity contribution is 0.100. The molecule has 0 atom stereocenters. The molecule has 20 heavy (non-hydrogen) atoms. The molecule has 0 saturated carbocycles. The third-order valence-corrected chi connectivity index (χ3v) is 4.23. The molecule has 0 radical (unpaired) electrons. The topological polar surface area (TPSA) is 94.0 Å². The zero-order chi connectivity index (χ0) is 14.9. The molecule has 104 valence electrons. The molecule has 2 rings (SSSR count).